The number of carbonyl (C=O) groups excluding carboxylic acids is 3. The Morgan fingerprint density at radius 2 is 1.74 bits per heavy atom. The van der Waals surface area contributed by atoms with Gasteiger partial charge in [-0.25, -0.2) is 9.59 Å². The molecule has 1 rings (SSSR count). The van der Waals surface area contributed by atoms with Gasteiger partial charge in [-0.2, -0.15) is 0 Å². The number of nitrogens with one attached hydrogen (secondary N) is 4. The maximum absolute atomic E-state index is 12.0. The van der Waals surface area contributed by atoms with E-state index in [-0.39, 0.29) is 22.4 Å². The molecule has 0 aliphatic carbocycles. The largest absolute Gasteiger partial charge is 0.480 e. The Kier molecular flexibility index (Phi) is 10.2. The monoisotopic (exact) mass is 475 g/mol. The second-order valence-electron chi connectivity index (χ2n) is 6.69. The molecule has 0 bridgehead atoms. The summed E-state index contributed by atoms with van der Waals surface area (Å²) in [6.45, 7) is 2.64. The van der Waals surface area contributed by atoms with Gasteiger partial charge in [0, 0.05) is 10.0 Å². The van der Waals surface area contributed by atoms with Crippen molar-refractivity contribution in [3.05, 3.63) is 33.8 Å². The van der Waals surface area contributed by atoms with E-state index < -0.39 is 48.5 Å². The zero-order chi connectivity index (χ0) is 23.7. The molecule has 0 fully saturated rings. The minimum Gasteiger partial charge on any atom is -0.480 e. The number of hydrogen-bond acceptors (Lipinski definition) is 7. The number of nitrogens with two attached hydrogens (primary N) is 1. The van der Waals surface area contributed by atoms with E-state index in [4.69, 9.17) is 44.2 Å². The lowest BCUT2D eigenvalue weighted by molar-refractivity contribution is -0.143. The Bertz CT molecular complexity index is 844. The van der Waals surface area contributed by atoms with E-state index in [2.05, 4.69) is 10.6 Å². The third-order valence-corrected chi connectivity index (χ3v) is 4.62. The van der Waals surface area contributed by atoms with Gasteiger partial charge >= 0.3 is 12.1 Å². The minimum absolute atomic E-state index is 0.233. The SMILES string of the molecule is CC(C)[C@@H](N)C(=O)N[C@@H](COC(=O)NC(=N)NC(=O)Cc1c(Cl)cccc1Cl)C(=O)O. The van der Waals surface area contributed by atoms with Gasteiger partial charge in [-0.05, 0) is 23.6 Å². The number of guanidine groups is 1. The standard InChI is InChI=1S/C18H23Cl2N5O6/c1-8(2)14(21)15(27)23-12(16(28)29)7-31-18(30)25-17(22)24-13(26)6-9-10(19)4-3-5-11(9)20/h3-5,8,12,14H,6-7,21H2,1-2H3,(H,23,27)(H,28,29)(H3,22,24,25,26,30)/t12-,14+/m0/s1. The van der Waals surface area contributed by atoms with Crippen molar-refractivity contribution in [1.82, 2.24) is 16.0 Å². The number of carboxylic acids is 1. The molecule has 0 saturated heterocycles. The van der Waals surface area contributed by atoms with Gasteiger partial charge in [0.1, 0.15) is 6.61 Å². The summed E-state index contributed by atoms with van der Waals surface area (Å²) in [5.74, 6) is -3.79. The summed E-state index contributed by atoms with van der Waals surface area (Å²) in [4.78, 5) is 46.9. The number of hydrogen-bond donors (Lipinski definition) is 6. The summed E-state index contributed by atoms with van der Waals surface area (Å²) in [5, 5.41) is 23.4. The topological polar surface area (TPSA) is 184 Å². The van der Waals surface area contributed by atoms with Crippen LogP contribution in [0.4, 0.5) is 4.79 Å². The highest BCUT2D eigenvalue weighted by molar-refractivity contribution is 6.36. The van der Waals surface area contributed by atoms with Crippen LogP contribution in [0.15, 0.2) is 18.2 Å². The highest BCUT2D eigenvalue weighted by Gasteiger charge is 2.26. The number of carbonyl (C=O) groups is 4. The Hall–Kier alpha value is -2.89. The summed E-state index contributed by atoms with van der Waals surface area (Å²) in [5.41, 5.74) is 5.99. The van der Waals surface area contributed by atoms with Crippen molar-refractivity contribution in [2.45, 2.75) is 32.4 Å². The minimum atomic E-state index is -1.55. The summed E-state index contributed by atoms with van der Waals surface area (Å²) >= 11 is 11.9. The van der Waals surface area contributed by atoms with Crippen molar-refractivity contribution >= 4 is 53.0 Å². The quantitative estimate of drug-likeness (QED) is 0.237. The molecule has 0 aliphatic heterocycles. The van der Waals surface area contributed by atoms with Crippen LogP contribution in [0, 0.1) is 11.3 Å². The molecule has 0 spiro atoms. The molecular weight excluding hydrogens is 453 g/mol. The number of benzene rings is 1. The van der Waals surface area contributed by atoms with Crippen LogP contribution >= 0.6 is 23.2 Å². The first kappa shape index (κ1) is 26.1. The fourth-order valence-electron chi connectivity index (χ4n) is 2.12. The van der Waals surface area contributed by atoms with Crippen LogP contribution in [-0.4, -0.2) is 53.6 Å². The number of carboxylic acid groups (broad SMARTS) is 1. The van der Waals surface area contributed by atoms with Gasteiger partial charge in [-0.15, -0.1) is 0 Å². The lowest BCUT2D eigenvalue weighted by atomic mass is 10.0. The van der Waals surface area contributed by atoms with E-state index in [1.54, 1.807) is 32.0 Å². The summed E-state index contributed by atoms with van der Waals surface area (Å²) in [7, 11) is 0. The van der Waals surface area contributed by atoms with Gasteiger partial charge in [0.05, 0.1) is 12.5 Å². The third kappa shape index (κ3) is 8.79. The van der Waals surface area contributed by atoms with Crippen LogP contribution in [0.1, 0.15) is 19.4 Å². The fourth-order valence-corrected chi connectivity index (χ4v) is 2.65. The van der Waals surface area contributed by atoms with E-state index in [1.807, 2.05) is 5.32 Å². The number of aliphatic carboxylic acids is 1. The highest BCUT2D eigenvalue weighted by Crippen LogP contribution is 2.24. The van der Waals surface area contributed by atoms with Crippen LogP contribution in [-0.2, 0) is 25.5 Å². The van der Waals surface area contributed by atoms with Gasteiger partial charge in [0.2, 0.25) is 17.8 Å². The number of alkyl carbamates (subject to hydrolysis) is 1. The van der Waals surface area contributed by atoms with Crippen molar-refractivity contribution < 1.29 is 29.0 Å². The lowest BCUT2D eigenvalue weighted by Crippen LogP contribution is -2.52. The molecule has 0 aromatic heterocycles. The smallest absolute Gasteiger partial charge is 0.414 e. The molecule has 1 aromatic rings. The molecule has 0 unspecified atom stereocenters. The van der Waals surface area contributed by atoms with Crippen molar-refractivity contribution in [3.8, 4) is 0 Å². The van der Waals surface area contributed by atoms with E-state index in [0.29, 0.717) is 5.56 Å². The van der Waals surface area contributed by atoms with Crippen molar-refractivity contribution in [2.24, 2.45) is 11.7 Å². The molecule has 3 amide bonds. The van der Waals surface area contributed by atoms with Gasteiger partial charge in [-0.1, -0.05) is 43.1 Å². The predicted molar refractivity (Wildman–Crippen MR) is 113 cm³/mol. The van der Waals surface area contributed by atoms with E-state index in [0.717, 1.165) is 0 Å². The molecule has 7 N–H and O–H groups in total. The Morgan fingerprint density at radius 1 is 1.16 bits per heavy atom. The Balaban J connectivity index is 2.53. The van der Waals surface area contributed by atoms with Gasteiger partial charge in [0.15, 0.2) is 6.04 Å². The summed E-state index contributed by atoms with van der Waals surface area (Å²) in [6, 6.07) is 2.21. The van der Waals surface area contributed by atoms with Crippen LogP contribution in [0.3, 0.4) is 0 Å². The molecular formula is C18H23Cl2N5O6. The second-order valence-corrected chi connectivity index (χ2v) is 7.51. The fraction of sp³-hybridized carbons (Fsp3) is 0.389. The van der Waals surface area contributed by atoms with Gasteiger partial charge in [0.25, 0.3) is 0 Å². The number of amides is 3. The highest BCUT2D eigenvalue weighted by atomic mass is 35.5. The zero-order valence-electron chi connectivity index (χ0n) is 16.7. The predicted octanol–water partition coefficient (Wildman–Crippen LogP) is 0.866. The van der Waals surface area contributed by atoms with Crippen molar-refractivity contribution in [3.63, 3.8) is 0 Å². The van der Waals surface area contributed by atoms with E-state index in [1.165, 1.54) is 0 Å². The molecule has 2 atom stereocenters. The first-order valence-corrected chi connectivity index (χ1v) is 9.71. The summed E-state index contributed by atoms with van der Waals surface area (Å²) < 4.78 is 4.69. The molecule has 0 aliphatic rings. The molecule has 1 aromatic carbocycles. The average molecular weight is 476 g/mol. The van der Waals surface area contributed by atoms with E-state index in [9.17, 15) is 19.2 Å². The maximum Gasteiger partial charge on any atom is 0.414 e. The van der Waals surface area contributed by atoms with Crippen LogP contribution in [0.2, 0.25) is 10.0 Å². The first-order chi connectivity index (χ1) is 14.4. The van der Waals surface area contributed by atoms with Crippen LogP contribution < -0.4 is 21.7 Å². The molecule has 0 radical (unpaired) electrons. The average Bonchev–Trinajstić information content (AvgIpc) is 2.66. The molecule has 0 heterocycles. The molecule has 170 valence electrons. The molecule has 11 nitrogen and oxygen atoms in total. The van der Waals surface area contributed by atoms with Crippen molar-refractivity contribution in [2.75, 3.05) is 6.61 Å². The Labute approximate surface area is 188 Å². The lowest BCUT2D eigenvalue weighted by Gasteiger charge is -2.19. The van der Waals surface area contributed by atoms with Crippen LogP contribution in [0.5, 0.6) is 0 Å². The van der Waals surface area contributed by atoms with E-state index >= 15 is 0 Å². The molecule has 31 heavy (non-hydrogen) atoms. The summed E-state index contributed by atoms with van der Waals surface area (Å²) in [6.07, 6.45) is -1.46. The Morgan fingerprint density at radius 3 is 2.26 bits per heavy atom. The van der Waals surface area contributed by atoms with Gasteiger partial charge in [-0.3, -0.25) is 25.6 Å². The first-order valence-electron chi connectivity index (χ1n) is 8.96. The maximum atomic E-state index is 12.0. The molecule has 0 saturated carbocycles. The number of ether oxygens (including phenoxy) is 1. The number of rotatable bonds is 8. The zero-order valence-corrected chi connectivity index (χ0v) is 18.2. The third-order valence-electron chi connectivity index (χ3n) is 3.91. The second kappa shape index (κ2) is 12.1. The normalized spacial score (nSPS) is 12.5. The number of halogens is 2. The van der Waals surface area contributed by atoms with Crippen molar-refractivity contribution in [1.29, 1.82) is 5.41 Å². The van der Waals surface area contributed by atoms with Gasteiger partial charge < -0.3 is 20.9 Å². The molecule has 13 heteroatoms. The van der Waals surface area contributed by atoms with Crippen LogP contribution in [0.25, 0.3) is 0 Å².